The van der Waals surface area contributed by atoms with Crippen molar-refractivity contribution in [1.29, 1.82) is 0 Å². The third kappa shape index (κ3) is 3.37. The van der Waals surface area contributed by atoms with Crippen molar-refractivity contribution in [1.82, 2.24) is 9.80 Å². The predicted octanol–water partition coefficient (Wildman–Crippen LogP) is 1.28. The summed E-state index contributed by atoms with van der Waals surface area (Å²) in [5.74, 6) is 3.37. The minimum absolute atomic E-state index is 0.343. The lowest BCUT2D eigenvalue weighted by molar-refractivity contribution is -0.127. The van der Waals surface area contributed by atoms with Gasteiger partial charge in [-0.05, 0) is 5.92 Å². The van der Waals surface area contributed by atoms with Crippen molar-refractivity contribution in [3.05, 3.63) is 0 Å². The first kappa shape index (κ1) is 12.7. The van der Waals surface area contributed by atoms with E-state index in [0.29, 0.717) is 11.8 Å². The SMILES string of the molecule is O=C1CC(CBr)CN1CCN1CCSCC1. The summed E-state index contributed by atoms with van der Waals surface area (Å²) in [6.45, 7) is 5.31. The van der Waals surface area contributed by atoms with E-state index in [1.807, 2.05) is 16.7 Å². The quantitative estimate of drug-likeness (QED) is 0.731. The van der Waals surface area contributed by atoms with Gasteiger partial charge in [0.2, 0.25) is 5.91 Å². The first-order chi connectivity index (χ1) is 7.79. The van der Waals surface area contributed by atoms with E-state index in [9.17, 15) is 4.79 Å². The zero-order valence-electron chi connectivity index (χ0n) is 9.53. The van der Waals surface area contributed by atoms with Gasteiger partial charge >= 0.3 is 0 Å². The first-order valence-corrected chi connectivity index (χ1v) is 8.21. The molecule has 0 radical (unpaired) electrons. The summed E-state index contributed by atoms with van der Waals surface area (Å²) in [5.41, 5.74) is 0. The topological polar surface area (TPSA) is 23.6 Å². The zero-order chi connectivity index (χ0) is 11.4. The summed E-state index contributed by atoms with van der Waals surface area (Å²) in [7, 11) is 0. The summed E-state index contributed by atoms with van der Waals surface area (Å²) in [4.78, 5) is 16.2. The lowest BCUT2D eigenvalue weighted by Crippen LogP contribution is -2.39. The molecule has 5 heteroatoms. The van der Waals surface area contributed by atoms with E-state index >= 15 is 0 Å². The zero-order valence-corrected chi connectivity index (χ0v) is 11.9. The Hall–Kier alpha value is 0.260. The molecule has 0 bridgehead atoms. The molecule has 1 unspecified atom stereocenters. The molecule has 2 saturated heterocycles. The molecule has 0 N–H and O–H groups in total. The van der Waals surface area contributed by atoms with E-state index in [4.69, 9.17) is 0 Å². The summed E-state index contributed by atoms with van der Waals surface area (Å²) < 4.78 is 0. The van der Waals surface area contributed by atoms with Crippen LogP contribution in [0.3, 0.4) is 0 Å². The predicted molar refractivity (Wildman–Crippen MR) is 72.2 cm³/mol. The molecule has 0 aromatic heterocycles. The molecule has 1 atom stereocenters. The van der Waals surface area contributed by atoms with Gasteiger partial charge < -0.3 is 4.90 Å². The third-order valence-corrected chi connectivity index (χ3v) is 5.16. The lowest BCUT2D eigenvalue weighted by Gasteiger charge is -2.28. The van der Waals surface area contributed by atoms with Crippen LogP contribution in [-0.4, -0.2) is 65.3 Å². The highest BCUT2D eigenvalue weighted by Gasteiger charge is 2.28. The van der Waals surface area contributed by atoms with E-state index in [-0.39, 0.29) is 0 Å². The van der Waals surface area contributed by atoms with Crippen molar-refractivity contribution in [2.24, 2.45) is 5.92 Å². The second kappa shape index (κ2) is 6.26. The number of alkyl halides is 1. The summed E-state index contributed by atoms with van der Waals surface area (Å²) >= 11 is 5.50. The Balaban J connectivity index is 1.71. The summed E-state index contributed by atoms with van der Waals surface area (Å²) in [5, 5.41) is 0.954. The fraction of sp³-hybridized carbons (Fsp3) is 0.909. The maximum atomic E-state index is 11.7. The molecular formula is C11H19BrN2OS. The van der Waals surface area contributed by atoms with Crippen LogP contribution in [-0.2, 0) is 4.79 Å². The molecule has 0 saturated carbocycles. The largest absolute Gasteiger partial charge is 0.341 e. The van der Waals surface area contributed by atoms with Gasteiger partial charge in [-0.3, -0.25) is 9.69 Å². The van der Waals surface area contributed by atoms with Crippen LogP contribution in [0.25, 0.3) is 0 Å². The van der Waals surface area contributed by atoms with Crippen LogP contribution >= 0.6 is 27.7 Å². The number of thioether (sulfide) groups is 1. The smallest absolute Gasteiger partial charge is 0.222 e. The number of hydrogen-bond acceptors (Lipinski definition) is 3. The molecular weight excluding hydrogens is 288 g/mol. The number of rotatable bonds is 4. The molecule has 1 amide bonds. The molecule has 0 aliphatic carbocycles. The minimum Gasteiger partial charge on any atom is -0.341 e. The van der Waals surface area contributed by atoms with E-state index < -0.39 is 0 Å². The molecule has 0 aromatic rings. The maximum absolute atomic E-state index is 11.7. The van der Waals surface area contributed by atoms with Crippen molar-refractivity contribution in [3.8, 4) is 0 Å². The highest BCUT2D eigenvalue weighted by molar-refractivity contribution is 9.09. The van der Waals surface area contributed by atoms with Crippen LogP contribution < -0.4 is 0 Å². The van der Waals surface area contributed by atoms with Gasteiger partial charge in [0.05, 0.1) is 0 Å². The Morgan fingerprint density at radius 2 is 2.06 bits per heavy atom. The average Bonchev–Trinajstić information content (AvgIpc) is 2.69. The second-order valence-electron chi connectivity index (χ2n) is 4.52. The van der Waals surface area contributed by atoms with Crippen molar-refractivity contribution in [3.63, 3.8) is 0 Å². The van der Waals surface area contributed by atoms with Crippen molar-refractivity contribution >= 4 is 33.6 Å². The van der Waals surface area contributed by atoms with E-state index in [1.165, 1.54) is 24.6 Å². The molecule has 2 fully saturated rings. The maximum Gasteiger partial charge on any atom is 0.222 e. The number of nitrogens with zero attached hydrogens (tertiary/aromatic N) is 2. The Labute approximate surface area is 110 Å². The second-order valence-corrected chi connectivity index (χ2v) is 6.39. The minimum atomic E-state index is 0.343. The molecule has 92 valence electrons. The standard InChI is InChI=1S/C11H19BrN2OS/c12-8-10-7-11(15)14(9-10)2-1-13-3-5-16-6-4-13/h10H,1-9H2. The number of hydrogen-bond donors (Lipinski definition) is 0. The Morgan fingerprint density at radius 3 is 2.69 bits per heavy atom. The fourth-order valence-electron chi connectivity index (χ4n) is 2.26. The van der Waals surface area contributed by atoms with Crippen LogP contribution in [0.4, 0.5) is 0 Å². The van der Waals surface area contributed by atoms with Crippen molar-refractivity contribution in [2.75, 3.05) is 49.6 Å². The molecule has 2 heterocycles. The summed E-state index contributed by atoms with van der Waals surface area (Å²) in [6.07, 6.45) is 0.737. The Bertz CT molecular complexity index is 246. The van der Waals surface area contributed by atoms with Crippen molar-refractivity contribution < 1.29 is 4.79 Å². The number of carbonyl (C=O) groups is 1. The van der Waals surface area contributed by atoms with Crippen LogP contribution in [0.5, 0.6) is 0 Å². The summed E-state index contributed by atoms with van der Waals surface area (Å²) in [6, 6.07) is 0. The first-order valence-electron chi connectivity index (χ1n) is 5.93. The monoisotopic (exact) mass is 306 g/mol. The molecule has 0 spiro atoms. The van der Waals surface area contributed by atoms with Crippen LogP contribution in [0.2, 0.25) is 0 Å². The fourth-order valence-corrected chi connectivity index (χ4v) is 3.67. The third-order valence-electron chi connectivity index (χ3n) is 3.30. The number of amides is 1. The van der Waals surface area contributed by atoms with Gasteiger partial charge in [-0.25, -0.2) is 0 Å². The lowest BCUT2D eigenvalue weighted by atomic mass is 10.2. The normalized spacial score (nSPS) is 27.7. The van der Waals surface area contributed by atoms with Gasteiger partial charge in [0, 0.05) is 56.0 Å². The van der Waals surface area contributed by atoms with Gasteiger partial charge in [-0.1, -0.05) is 15.9 Å². The number of carbonyl (C=O) groups excluding carboxylic acids is 1. The van der Waals surface area contributed by atoms with E-state index in [1.54, 1.807) is 0 Å². The van der Waals surface area contributed by atoms with Crippen LogP contribution in [0.15, 0.2) is 0 Å². The molecule has 2 aliphatic heterocycles. The number of halogens is 1. The Kier molecular flexibility index (Phi) is 4.97. The van der Waals surface area contributed by atoms with Gasteiger partial charge in [0.1, 0.15) is 0 Å². The molecule has 16 heavy (non-hydrogen) atoms. The van der Waals surface area contributed by atoms with Gasteiger partial charge in [0.15, 0.2) is 0 Å². The van der Waals surface area contributed by atoms with E-state index in [2.05, 4.69) is 20.8 Å². The average molecular weight is 307 g/mol. The molecule has 0 aromatic carbocycles. The van der Waals surface area contributed by atoms with Crippen LogP contribution in [0.1, 0.15) is 6.42 Å². The number of likely N-dealkylation sites (tertiary alicyclic amines) is 1. The molecule has 3 nitrogen and oxygen atoms in total. The van der Waals surface area contributed by atoms with E-state index in [0.717, 1.165) is 31.4 Å². The van der Waals surface area contributed by atoms with Gasteiger partial charge in [0.25, 0.3) is 0 Å². The van der Waals surface area contributed by atoms with Gasteiger partial charge in [-0.2, -0.15) is 11.8 Å². The van der Waals surface area contributed by atoms with Crippen molar-refractivity contribution in [2.45, 2.75) is 6.42 Å². The van der Waals surface area contributed by atoms with Crippen LogP contribution in [0, 0.1) is 5.92 Å². The molecule has 2 rings (SSSR count). The Morgan fingerprint density at radius 1 is 1.31 bits per heavy atom. The highest BCUT2D eigenvalue weighted by atomic mass is 79.9. The molecule has 2 aliphatic rings. The highest BCUT2D eigenvalue weighted by Crippen LogP contribution is 2.19. The van der Waals surface area contributed by atoms with Gasteiger partial charge in [-0.15, -0.1) is 0 Å².